The minimum Gasteiger partial charge on any atom is -0.327 e. The molecule has 4 heteroatoms. The van der Waals surface area contributed by atoms with E-state index in [1.165, 1.54) is 0 Å². The standard InChI is InChI=1S/C9H24N4/c1-7(10)4-13(5-8(2)11)6-9(3)12/h7-9H,4-6,10-12H2,1-3H3. The van der Waals surface area contributed by atoms with E-state index in [0.29, 0.717) is 0 Å². The molecular weight excluding hydrogens is 164 g/mol. The van der Waals surface area contributed by atoms with Crippen molar-refractivity contribution in [3.63, 3.8) is 0 Å². The van der Waals surface area contributed by atoms with Gasteiger partial charge in [-0.1, -0.05) is 0 Å². The van der Waals surface area contributed by atoms with Gasteiger partial charge in [-0.15, -0.1) is 0 Å². The second kappa shape index (κ2) is 6.32. The molecule has 6 N–H and O–H groups in total. The van der Waals surface area contributed by atoms with Crippen LogP contribution in [0.2, 0.25) is 0 Å². The number of nitrogens with two attached hydrogens (primary N) is 3. The minimum atomic E-state index is 0.178. The molecule has 0 aliphatic heterocycles. The van der Waals surface area contributed by atoms with Gasteiger partial charge in [0, 0.05) is 37.8 Å². The summed E-state index contributed by atoms with van der Waals surface area (Å²) in [6.07, 6.45) is 0. The highest BCUT2D eigenvalue weighted by molar-refractivity contribution is 4.71. The first-order valence-corrected chi connectivity index (χ1v) is 4.91. The van der Waals surface area contributed by atoms with Gasteiger partial charge in [0.15, 0.2) is 0 Å². The molecule has 0 aliphatic rings. The third-order valence-electron chi connectivity index (χ3n) is 1.64. The summed E-state index contributed by atoms with van der Waals surface area (Å²) >= 11 is 0. The predicted octanol–water partition coefficient (Wildman–Crippen LogP) is -0.670. The third-order valence-corrected chi connectivity index (χ3v) is 1.64. The summed E-state index contributed by atoms with van der Waals surface area (Å²) in [4.78, 5) is 2.22. The summed E-state index contributed by atoms with van der Waals surface area (Å²) < 4.78 is 0. The molecule has 0 saturated carbocycles. The van der Waals surface area contributed by atoms with E-state index in [0.717, 1.165) is 19.6 Å². The Morgan fingerprint density at radius 1 is 0.769 bits per heavy atom. The van der Waals surface area contributed by atoms with Crippen LogP contribution in [-0.2, 0) is 0 Å². The summed E-state index contributed by atoms with van der Waals surface area (Å²) in [6, 6.07) is 0.535. The van der Waals surface area contributed by atoms with Gasteiger partial charge in [-0.3, -0.25) is 4.90 Å². The predicted molar refractivity (Wildman–Crippen MR) is 57.4 cm³/mol. The molecule has 3 atom stereocenters. The van der Waals surface area contributed by atoms with Crippen molar-refractivity contribution in [1.82, 2.24) is 4.90 Å². The van der Waals surface area contributed by atoms with E-state index in [4.69, 9.17) is 17.2 Å². The topological polar surface area (TPSA) is 81.3 Å². The van der Waals surface area contributed by atoms with Gasteiger partial charge in [0.1, 0.15) is 0 Å². The Balaban J connectivity index is 3.87. The van der Waals surface area contributed by atoms with Crippen molar-refractivity contribution in [2.75, 3.05) is 19.6 Å². The van der Waals surface area contributed by atoms with Crippen LogP contribution in [0.15, 0.2) is 0 Å². The molecule has 80 valence electrons. The lowest BCUT2D eigenvalue weighted by Crippen LogP contribution is -2.46. The Morgan fingerprint density at radius 2 is 1.00 bits per heavy atom. The maximum absolute atomic E-state index is 5.72. The first-order valence-electron chi connectivity index (χ1n) is 4.91. The summed E-state index contributed by atoms with van der Waals surface area (Å²) in [5.74, 6) is 0. The zero-order valence-corrected chi connectivity index (χ0v) is 9.03. The molecule has 4 nitrogen and oxygen atoms in total. The van der Waals surface area contributed by atoms with Crippen molar-refractivity contribution in [1.29, 1.82) is 0 Å². The molecule has 0 rings (SSSR count). The van der Waals surface area contributed by atoms with Gasteiger partial charge in [-0.2, -0.15) is 0 Å². The largest absolute Gasteiger partial charge is 0.327 e. The summed E-state index contributed by atoms with van der Waals surface area (Å²) in [7, 11) is 0. The van der Waals surface area contributed by atoms with E-state index < -0.39 is 0 Å². The van der Waals surface area contributed by atoms with Crippen LogP contribution in [0.3, 0.4) is 0 Å². The lowest BCUT2D eigenvalue weighted by Gasteiger charge is -2.27. The van der Waals surface area contributed by atoms with Crippen LogP contribution < -0.4 is 17.2 Å². The Morgan fingerprint density at radius 3 is 1.15 bits per heavy atom. The molecule has 0 aromatic carbocycles. The highest BCUT2D eigenvalue weighted by Gasteiger charge is 2.10. The van der Waals surface area contributed by atoms with Crippen LogP contribution >= 0.6 is 0 Å². The van der Waals surface area contributed by atoms with Crippen molar-refractivity contribution >= 4 is 0 Å². The van der Waals surface area contributed by atoms with E-state index >= 15 is 0 Å². The van der Waals surface area contributed by atoms with Crippen molar-refractivity contribution in [2.24, 2.45) is 17.2 Å². The van der Waals surface area contributed by atoms with Crippen LogP contribution in [0.25, 0.3) is 0 Å². The average Bonchev–Trinajstić information content (AvgIpc) is 1.80. The molecule has 0 bridgehead atoms. The lowest BCUT2D eigenvalue weighted by molar-refractivity contribution is 0.239. The zero-order valence-electron chi connectivity index (χ0n) is 9.03. The van der Waals surface area contributed by atoms with Crippen LogP contribution in [0, 0.1) is 0 Å². The van der Waals surface area contributed by atoms with E-state index in [1.54, 1.807) is 0 Å². The van der Waals surface area contributed by atoms with E-state index in [9.17, 15) is 0 Å². The molecule has 0 amide bonds. The van der Waals surface area contributed by atoms with Gasteiger partial charge in [-0.25, -0.2) is 0 Å². The number of hydrogen-bond acceptors (Lipinski definition) is 4. The van der Waals surface area contributed by atoms with Crippen LogP contribution in [0.1, 0.15) is 20.8 Å². The molecule has 0 heterocycles. The summed E-state index contributed by atoms with van der Waals surface area (Å²) in [5.41, 5.74) is 17.2. The Hall–Kier alpha value is -0.160. The zero-order chi connectivity index (χ0) is 10.4. The first kappa shape index (κ1) is 12.8. The quantitative estimate of drug-likeness (QED) is 0.516. The molecule has 3 unspecified atom stereocenters. The van der Waals surface area contributed by atoms with Crippen LogP contribution in [0.5, 0.6) is 0 Å². The molecule has 0 saturated heterocycles. The van der Waals surface area contributed by atoms with Gasteiger partial charge in [0.05, 0.1) is 0 Å². The summed E-state index contributed by atoms with van der Waals surface area (Å²) in [6.45, 7) is 8.58. The smallest absolute Gasteiger partial charge is 0.0139 e. The first-order chi connectivity index (χ1) is 5.91. The molecular formula is C9H24N4. The maximum Gasteiger partial charge on any atom is 0.0139 e. The number of nitrogens with zero attached hydrogens (tertiary/aromatic N) is 1. The Labute approximate surface area is 81.4 Å². The second-order valence-electron chi connectivity index (χ2n) is 4.15. The van der Waals surface area contributed by atoms with Gasteiger partial charge < -0.3 is 17.2 Å². The molecule has 13 heavy (non-hydrogen) atoms. The van der Waals surface area contributed by atoms with Gasteiger partial charge in [-0.05, 0) is 20.8 Å². The SMILES string of the molecule is CC(N)CN(CC(C)N)CC(C)N. The van der Waals surface area contributed by atoms with Crippen molar-refractivity contribution in [3.05, 3.63) is 0 Å². The normalized spacial score (nSPS) is 18.7. The van der Waals surface area contributed by atoms with E-state index in [1.807, 2.05) is 20.8 Å². The number of rotatable bonds is 6. The van der Waals surface area contributed by atoms with Gasteiger partial charge >= 0.3 is 0 Å². The molecule has 0 spiro atoms. The molecule has 0 aromatic rings. The number of hydrogen-bond donors (Lipinski definition) is 3. The maximum atomic E-state index is 5.72. The fraction of sp³-hybridized carbons (Fsp3) is 1.00. The average molecular weight is 188 g/mol. The monoisotopic (exact) mass is 188 g/mol. The van der Waals surface area contributed by atoms with Gasteiger partial charge in [0.2, 0.25) is 0 Å². The fourth-order valence-electron chi connectivity index (χ4n) is 1.45. The molecule has 0 radical (unpaired) electrons. The van der Waals surface area contributed by atoms with Crippen molar-refractivity contribution in [2.45, 2.75) is 38.9 Å². The molecule has 0 fully saturated rings. The van der Waals surface area contributed by atoms with Crippen LogP contribution in [0.4, 0.5) is 0 Å². The third kappa shape index (κ3) is 8.18. The van der Waals surface area contributed by atoms with Crippen molar-refractivity contribution in [3.8, 4) is 0 Å². The van der Waals surface area contributed by atoms with Crippen molar-refractivity contribution < 1.29 is 0 Å². The summed E-state index contributed by atoms with van der Waals surface area (Å²) in [5, 5.41) is 0. The fourth-order valence-corrected chi connectivity index (χ4v) is 1.45. The molecule has 0 aliphatic carbocycles. The Bertz CT molecular complexity index is 99.0. The van der Waals surface area contributed by atoms with E-state index in [2.05, 4.69) is 4.90 Å². The van der Waals surface area contributed by atoms with E-state index in [-0.39, 0.29) is 18.1 Å². The highest BCUT2D eigenvalue weighted by Crippen LogP contribution is 1.94. The molecule has 0 aromatic heterocycles. The second-order valence-corrected chi connectivity index (χ2v) is 4.15. The lowest BCUT2D eigenvalue weighted by atomic mass is 10.2. The Kier molecular flexibility index (Phi) is 6.24. The minimum absolute atomic E-state index is 0.178. The highest BCUT2D eigenvalue weighted by atomic mass is 15.2. The van der Waals surface area contributed by atoms with Crippen LogP contribution in [-0.4, -0.2) is 42.7 Å². The van der Waals surface area contributed by atoms with Gasteiger partial charge in [0.25, 0.3) is 0 Å².